The van der Waals surface area contributed by atoms with Crippen molar-refractivity contribution in [3.8, 4) is 0 Å². The van der Waals surface area contributed by atoms with Crippen LogP contribution >= 0.6 is 0 Å². The number of halogens is 2. The summed E-state index contributed by atoms with van der Waals surface area (Å²) >= 11 is 0. The van der Waals surface area contributed by atoms with Gasteiger partial charge in [-0.15, -0.1) is 0 Å². The van der Waals surface area contributed by atoms with E-state index in [1.54, 1.807) is 6.92 Å². The molecule has 0 aromatic carbocycles. The second-order valence-corrected chi connectivity index (χ2v) is 1.37. The van der Waals surface area contributed by atoms with E-state index in [-0.39, 0.29) is 0 Å². The first-order valence-corrected chi connectivity index (χ1v) is 2.39. The number of rotatable bonds is 2. The van der Waals surface area contributed by atoms with Crippen LogP contribution in [0, 0.1) is 0 Å². The van der Waals surface area contributed by atoms with E-state index in [1.165, 1.54) is 0 Å². The van der Waals surface area contributed by atoms with Crippen LogP contribution in [0.25, 0.3) is 0 Å². The highest BCUT2D eigenvalue weighted by Crippen LogP contribution is 2.09. The molecule has 0 N–H and O–H groups in total. The Bertz CT molecular complexity index is 114. The van der Waals surface area contributed by atoms with Gasteiger partial charge in [0.1, 0.15) is 0 Å². The van der Waals surface area contributed by atoms with Crippen molar-refractivity contribution in [3.63, 3.8) is 0 Å². The lowest BCUT2D eigenvalue weighted by Crippen LogP contribution is -1.69. The van der Waals surface area contributed by atoms with Crippen molar-refractivity contribution in [2.24, 2.45) is 0 Å². The first-order chi connectivity index (χ1) is 3.68. The molecule has 0 saturated heterocycles. The summed E-state index contributed by atoms with van der Waals surface area (Å²) in [6.07, 6.45) is 1.64. The van der Waals surface area contributed by atoms with Crippen LogP contribution in [0.15, 0.2) is 24.3 Å². The summed E-state index contributed by atoms with van der Waals surface area (Å²) in [6, 6.07) is 0. The number of hydrogen-bond acceptors (Lipinski definition) is 0. The molecule has 0 aliphatic rings. The molecule has 0 bridgehead atoms. The highest BCUT2D eigenvalue weighted by molar-refractivity contribution is 5.13. The summed E-state index contributed by atoms with van der Waals surface area (Å²) in [5.41, 5.74) is 0. The van der Waals surface area contributed by atoms with Crippen LogP contribution in [0.4, 0.5) is 8.78 Å². The summed E-state index contributed by atoms with van der Waals surface area (Å²) in [7, 11) is 0. The molecule has 0 saturated carbocycles. The van der Waals surface area contributed by atoms with Gasteiger partial charge in [-0.05, 0) is 12.5 Å². The Morgan fingerprint density at radius 1 is 1.62 bits per heavy atom. The van der Waals surface area contributed by atoms with Gasteiger partial charge in [0.2, 0.25) is 0 Å². The normalized spacial score (nSPS) is 11.6. The number of hydrogen-bond donors (Lipinski definition) is 0. The van der Waals surface area contributed by atoms with E-state index in [9.17, 15) is 8.78 Å². The zero-order valence-corrected chi connectivity index (χ0v) is 4.75. The Hall–Kier alpha value is -0.660. The molecule has 0 aliphatic carbocycles. The molecule has 8 heavy (non-hydrogen) atoms. The van der Waals surface area contributed by atoms with Gasteiger partial charge in [-0.3, -0.25) is 0 Å². The monoisotopic (exact) mass is 118 g/mol. The van der Waals surface area contributed by atoms with E-state index >= 15 is 0 Å². The molecule has 0 amide bonds. The smallest absolute Gasteiger partial charge is 0.154 e. The van der Waals surface area contributed by atoms with Gasteiger partial charge in [0, 0.05) is 0 Å². The fraction of sp³-hybridized carbons (Fsp3) is 0.333. The quantitative estimate of drug-likeness (QED) is 0.489. The highest BCUT2D eigenvalue weighted by Gasteiger charge is 1.94. The van der Waals surface area contributed by atoms with Gasteiger partial charge >= 0.3 is 0 Å². The van der Waals surface area contributed by atoms with Gasteiger partial charge < -0.3 is 0 Å². The van der Waals surface area contributed by atoms with Gasteiger partial charge in [-0.25, -0.2) is 8.78 Å². The molecule has 46 valence electrons. The fourth-order valence-corrected chi connectivity index (χ4v) is 0.290. The standard InChI is InChI=1S/C6H8F2/c1-3-4-6(8)5(2)7/h4H,2-3H2,1H3/b6-4-. The van der Waals surface area contributed by atoms with E-state index in [0.717, 1.165) is 6.08 Å². The predicted octanol–water partition coefficient (Wildman–Crippen LogP) is 2.73. The predicted molar refractivity (Wildman–Crippen MR) is 29.7 cm³/mol. The Labute approximate surface area is 47.5 Å². The first kappa shape index (κ1) is 7.34. The third-order valence-electron chi connectivity index (χ3n) is 0.642. The van der Waals surface area contributed by atoms with Crippen LogP contribution in [-0.4, -0.2) is 0 Å². The average Bonchev–Trinajstić information content (AvgIpc) is 1.67. The first-order valence-electron chi connectivity index (χ1n) is 2.39. The topological polar surface area (TPSA) is 0 Å². The Balaban J connectivity index is 3.80. The SMILES string of the molecule is C=C(F)/C(F)=C/CC. The number of allylic oxidation sites excluding steroid dienone is 3. The zero-order valence-electron chi connectivity index (χ0n) is 4.75. The maximum atomic E-state index is 11.9. The van der Waals surface area contributed by atoms with Crippen LogP contribution in [0.5, 0.6) is 0 Å². The Morgan fingerprint density at radius 2 is 2.12 bits per heavy atom. The zero-order chi connectivity index (χ0) is 6.57. The van der Waals surface area contributed by atoms with Gasteiger partial charge in [-0.2, -0.15) is 0 Å². The summed E-state index contributed by atoms with van der Waals surface area (Å²) < 4.78 is 23.6. The van der Waals surface area contributed by atoms with Crippen molar-refractivity contribution in [2.75, 3.05) is 0 Å². The molecule has 0 spiro atoms. The molecular weight excluding hydrogens is 110 g/mol. The Kier molecular flexibility index (Phi) is 3.08. The van der Waals surface area contributed by atoms with Gasteiger partial charge in [0.05, 0.1) is 0 Å². The van der Waals surface area contributed by atoms with Crippen molar-refractivity contribution >= 4 is 0 Å². The average molecular weight is 118 g/mol. The van der Waals surface area contributed by atoms with Gasteiger partial charge in [0.15, 0.2) is 11.7 Å². The van der Waals surface area contributed by atoms with E-state index in [4.69, 9.17) is 0 Å². The summed E-state index contributed by atoms with van der Waals surface area (Å²) in [6.45, 7) is 4.49. The minimum atomic E-state index is -0.994. The van der Waals surface area contributed by atoms with E-state index < -0.39 is 11.7 Å². The molecule has 2 heteroatoms. The third-order valence-corrected chi connectivity index (χ3v) is 0.642. The third kappa shape index (κ3) is 2.50. The van der Waals surface area contributed by atoms with E-state index in [0.29, 0.717) is 6.42 Å². The molecule has 0 nitrogen and oxygen atoms in total. The van der Waals surface area contributed by atoms with Crippen molar-refractivity contribution in [1.29, 1.82) is 0 Å². The summed E-state index contributed by atoms with van der Waals surface area (Å²) in [5.74, 6) is -1.85. The van der Waals surface area contributed by atoms with Crippen LogP contribution in [-0.2, 0) is 0 Å². The largest absolute Gasteiger partial charge is 0.204 e. The summed E-state index contributed by atoms with van der Waals surface area (Å²) in [4.78, 5) is 0. The van der Waals surface area contributed by atoms with Gasteiger partial charge in [-0.1, -0.05) is 13.5 Å². The van der Waals surface area contributed by atoms with Gasteiger partial charge in [0.25, 0.3) is 0 Å². The van der Waals surface area contributed by atoms with E-state index in [1.807, 2.05) is 0 Å². The minimum absolute atomic E-state index is 0.495. The lowest BCUT2D eigenvalue weighted by atomic mass is 10.4. The van der Waals surface area contributed by atoms with Crippen LogP contribution < -0.4 is 0 Å². The molecule has 0 fully saturated rings. The minimum Gasteiger partial charge on any atom is -0.204 e. The molecule has 0 aromatic rings. The second kappa shape index (κ2) is 3.36. The van der Waals surface area contributed by atoms with Crippen LogP contribution in [0.3, 0.4) is 0 Å². The van der Waals surface area contributed by atoms with Crippen molar-refractivity contribution < 1.29 is 8.78 Å². The van der Waals surface area contributed by atoms with Crippen LogP contribution in [0.2, 0.25) is 0 Å². The highest BCUT2D eigenvalue weighted by atomic mass is 19.2. The van der Waals surface area contributed by atoms with Crippen LogP contribution in [0.1, 0.15) is 13.3 Å². The molecule has 0 radical (unpaired) electrons. The molecule has 0 atom stereocenters. The molecule has 0 aliphatic heterocycles. The van der Waals surface area contributed by atoms with Crippen molar-refractivity contribution in [1.82, 2.24) is 0 Å². The molecule has 0 heterocycles. The molecule has 0 aromatic heterocycles. The van der Waals surface area contributed by atoms with E-state index in [2.05, 4.69) is 6.58 Å². The second-order valence-electron chi connectivity index (χ2n) is 1.37. The van der Waals surface area contributed by atoms with Crippen molar-refractivity contribution in [3.05, 3.63) is 24.3 Å². The van der Waals surface area contributed by atoms with Crippen molar-refractivity contribution in [2.45, 2.75) is 13.3 Å². The fourth-order valence-electron chi connectivity index (χ4n) is 0.290. The summed E-state index contributed by atoms with van der Waals surface area (Å²) in [5, 5.41) is 0. The lowest BCUT2D eigenvalue weighted by Gasteiger charge is -1.85. The maximum Gasteiger partial charge on any atom is 0.154 e. The maximum absolute atomic E-state index is 11.9. The Morgan fingerprint density at radius 3 is 2.25 bits per heavy atom. The molecule has 0 rings (SSSR count). The molecule has 0 unspecified atom stereocenters. The molecular formula is C6H8F2. The lowest BCUT2D eigenvalue weighted by molar-refractivity contribution is 0.545.